The summed E-state index contributed by atoms with van der Waals surface area (Å²) in [6, 6.07) is 10.5. The van der Waals surface area contributed by atoms with Crippen LogP contribution in [-0.4, -0.2) is 30.9 Å². The first-order valence-corrected chi connectivity index (χ1v) is 11.5. The number of allylic oxidation sites excluding steroid dienone is 1. The topological polar surface area (TPSA) is 69.9 Å². The molecule has 6 nitrogen and oxygen atoms in total. The maximum absolute atomic E-state index is 13.4. The predicted molar refractivity (Wildman–Crippen MR) is 122 cm³/mol. The van der Waals surface area contributed by atoms with Crippen LogP contribution in [0, 0.1) is 0 Å². The van der Waals surface area contributed by atoms with E-state index < -0.39 is 12.0 Å². The highest BCUT2D eigenvalue weighted by Crippen LogP contribution is 2.33. The average Bonchev–Trinajstić information content (AvgIpc) is 3.38. The van der Waals surface area contributed by atoms with Gasteiger partial charge in [0.2, 0.25) is 0 Å². The Hall–Kier alpha value is -2.52. The zero-order chi connectivity index (χ0) is 22.0. The van der Waals surface area contributed by atoms with Crippen molar-refractivity contribution in [2.45, 2.75) is 13.0 Å². The number of methoxy groups -OCH3 is 1. The normalized spacial score (nSPS) is 16.2. The van der Waals surface area contributed by atoms with Gasteiger partial charge in [0.15, 0.2) is 4.80 Å². The van der Waals surface area contributed by atoms with Crippen LogP contribution in [0.1, 0.15) is 23.4 Å². The summed E-state index contributed by atoms with van der Waals surface area (Å²) in [4.78, 5) is 32.3. The third-order valence-electron chi connectivity index (χ3n) is 4.77. The van der Waals surface area contributed by atoms with Crippen LogP contribution in [0.2, 0.25) is 5.02 Å². The van der Waals surface area contributed by atoms with E-state index in [0.29, 0.717) is 32.2 Å². The van der Waals surface area contributed by atoms with Gasteiger partial charge in [-0.05, 0) is 36.1 Å². The standard InChI is InChI=1S/C22H19ClN2O4S2/c1-13-18(21(27)29-10-9-28-2)19(16-8-5-11-30-16)25-20(26)17(31-22(25)24-13)12-14-6-3-4-7-15(14)23/h3-8,11-12,19H,9-10H2,1-2H3/b17-12+. The number of esters is 1. The SMILES string of the molecule is COCCOC(=O)C1=C(C)N=c2s/c(=C/c3ccccc3Cl)c(=O)n2C1c1cccs1. The monoisotopic (exact) mass is 474 g/mol. The molecule has 0 N–H and O–H groups in total. The Labute approximate surface area is 191 Å². The van der Waals surface area contributed by atoms with Gasteiger partial charge in [-0.25, -0.2) is 9.79 Å². The summed E-state index contributed by atoms with van der Waals surface area (Å²) in [7, 11) is 1.54. The molecule has 1 unspecified atom stereocenters. The van der Waals surface area contributed by atoms with E-state index in [4.69, 9.17) is 21.1 Å². The van der Waals surface area contributed by atoms with Gasteiger partial charge in [0.25, 0.3) is 5.56 Å². The van der Waals surface area contributed by atoms with Gasteiger partial charge in [-0.15, -0.1) is 11.3 Å². The van der Waals surface area contributed by atoms with E-state index in [0.717, 1.165) is 10.4 Å². The number of halogens is 1. The molecule has 160 valence electrons. The Bertz CT molecular complexity index is 1320. The first-order valence-electron chi connectivity index (χ1n) is 9.48. The summed E-state index contributed by atoms with van der Waals surface area (Å²) in [5, 5.41) is 2.47. The molecule has 31 heavy (non-hydrogen) atoms. The highest BCUT2D eigenvalue weighted by Gasteiger charge is 2.34. The smallest absolute Gasteiger partial charge is 0.338 e. The lowest BCUT2D eigenvalue weighted by Gasteiger charge is -2.23. The van der Waals surface area contributed by atoms with E-state index in [1.165, 1.54) is 29.8 Å². The third-order valence-corrected chi connectivity index (χ3v) is 7.02. The van der Waals surface area contributed by atoms with Gasteiger partial charge in [-0.3, -0.25) is 9.36 Å². The predicted octanol–water partition coefficient (Wildman–Crippen LogP) is 3.14. The number of fused-ring (bicyclic) bond motifs is 1. The van der Waals surface area contributed by atoms with Crippen LogP contribution in [0.15, 0.2) is 62.8 Å². The minimum absolute atomic E-state index is 0.125. The molecule has 9 heteroatoms. The van der Waals surface area contributed by atoms with Gasteiger partial charge < -0.3 is 9.47 Å². The number of hydrogen-bond donors (Lipinski definition) is 0. The van der Waals surface area contributed by atoms with Crippen LogP contribution in [0.25, 0.3) is 6.08 Å². The first kappa shape index (κ1) is 21.7. The number of ether oxygens (including phenoxy) is 2. The maximum Gasteiger partial charge on any atom is 0.338 e. The molecule has 1 aliphatic heterocycles. The van der Waals surface area contributed by atoms with Crippen LogP contribution in [0.3, 0.4) is 0 Å². The minimum atomic E-state index is -0.598. The fourth-order valence-corrected chi connectivity index (χ4v) is 5.38. The van der Waals surface area contributed by atoms with Crippen molar-refractivity contribution in [2.24, 2.45) is 4.99 Å². The molecule has 1 aliphatic rings. The molecule has 1 aromatic carbocycles. The number of carbonyl (C=O) groups excluding carboxylic acids is 1. The minimum Gasteiger partial charge on any atom is -0.460 e. The number of thiazole rings is 1. The summed E-state index contributed by atoms with van der Waals surface area (Å²) in [5.41, 5.74) is 1.41. The van der Waals surface area contributed by atoms with Crippen molar-refractivity contribution in [3.63, 3.8) is 0 Å². The quantitative estimate of drug-likeness (QED) is 0.406. The number of rotatable bonds is 6. The van der Waals surface area contributed by atoms with Gasteiger partial charge >= 0.3 is 5.97 Å². The Kier molecular flexibility index (Phi) is 6.52. The number of carbonyl (C=O) groups is 1. The lowest BCUT2D eigenvalue weighted by molar-refractivity contribution is -0.140. The second-order valence-corrected chi connectivity index (χ2v) is 9.14. The van der Waals surface area contributed by atoms with Crippen molar-refractivity contribution in [1.29, 1.82) is 0 Å². The third kappa shape index (κ3) is 4.29. The lowest BCUT2D eigenvalue weighted by atomic mass is 10.0. The maximum atomic E-state index is 13.4. The summed E-state index contributed by atoms with van der Waals surface area (Å²) in [6.45, 7) is 2.18. The molecule has 0 saturated heterocycles. The van der Waals surface area contributed by atoms with Crippen molar-refractivity contribution in [2.75, 3.05) is 20.3 Å². The average molecular weight is 475 g/mol. The zero-order valence-corrected chi connectivity index (χ0v) is 19.2. The van der Waals surface area contributed by atoms with Crippen LogP contribution in [0.5, 0.6) is 0 Å². The van der Waals surface area contributed by atoms with Crippen LogP contribution in [0.4, 0.5) is 0 Å². The molecule has 3 heterocycles. The van der Waals surface area contributed by atoms with Gasteiger partial charge in [0.05, 0.1) is 22.4 Å². The zero-order valence-electron chi connectivity index (χ0n) is 16.8. The van der Waals surface area contributed by atoms with Crippen molar-refractivity contribution in [3.05, 3.63) is 88.2 Å². The summed E-state index contributed by atoms with van der Waals surface area (Å²) >= 11 is 9.02. The lowest BCUT2D eigenvalue weighted by Crippen LogP contribution is -2.39. The van der Waals surface area contributed by atoms with Gasteiger partial charge in [-0.1, -0.05) is 47.2 Å². The Morgan fingerprint density at radius 1 is 1.26 bits per heavy atom. The van der Waals surface area contributed by atoms with Crippen LogP contribution in [-0.2, 0) is 14.3 Å². The number of aromatic nitrogens is 1. The largest absolute Gasteiger partial charge is 0.460 e. The highest BCUT2D eigenvalue weighted by molar-refractivity contribution is 7.10. The van der Waals surface area contributed by atoms with Crippen molar-refractivity contribution < 1.29 is 14.3 Å². The number of thiophene rings is 1. The molecule has 0 saturated carbocycles. The van der Waals surface area contributed by atoms with Crippen molar-refractivity contribution in [3.8, 4) is 0 Å². The fraction of sp³-hybridized carbons (Fsp3) is 0.227. The van der Waals surface area contributed by atoms with Gasteiger partial charge in [0.1, 0.15) is 12.6 Å². The Morgan fingerprint density at radius 2 is 2.06 bits per heavy atom. The van der Waals surface area contributed by atoms with Crippen molar-refractivity contribution in [1.82, 2.24) is 4.57 Å². The number of nitrogens with zero attached hydrogens (tertiary/aromatic N) is 2. The summed E-state index contributed by atoms with van der Waals surface area (Å²) in [6.07, 6.45) is 1.76. The molecule has 0 spiro atoms. The van der Waals surface area contributed by atoms with Crippen LogP contribution >= 0.6 is 34.3 Å². The first-order chi connectivity index (χ1) is 15.0. The van der Waals surface area contributed by atoms with E-state index >= 15 is 0 Å². The molecular weight excluding hydrogens is 456 g/mol. The molecule has 4 rings (SSSR count). The van der Waals surface area contributed by atoms with E-state index in [-0.39, 0.29) is 12.2 Å². The molecule has 2 aromatic heterocycles. The molecule has 0 bridgehead atoms. The molecule has 3 aromatic rings. The Morgan fingerprint density at radius 3 is 2.77 bits per heavy atom. The fourth-order valence-electron chi connectivity index (χ4n) is 3.33. The van der Waals surface area contributed by atoms with E-state index in [9.17, 15) is 9.59 Å². The molecule has 1 atom stereocenters. The van der Waals surface area contributed by atoms with Gasteiger partial charge in [-0.2, -0.15) is 0 Å². The number of hydrogen-bond acceptors (Lipinski definition) is 7. The molecular formula is C22H19ClN2O4S2. The van der Waals surface area contributed by atoms with Gasteiger partial charge in [0, 0.05) is 17.0 Å². The molecule has 0 fully saturated rings. The second-order valence-electron chi connectivity index (χ2n) is 6.75. The summed E-state index contributed by atoms with van der Waals surface area (Å²) < 4.78 is 12.4. The van der Waals surface area contributed by atoms with E-state index in [2.05, 4.69) is 4.99 Å². The number of benzene rings is 1. The molecule has 0 aliphatic carbocycles. The molecule has 0 radical (unpaired) electrons. The Balaban J connectivity index is 1.87. The van der Waals surface area contributed by atoms with E-state index in [1.807, 2.05) is 35.7 Å². The van der Waals surface area contributed by atoms with Crippen LogP contribution < -0.4 is 14.9 Å². The van der Waals surface area contributed by atoms with Crippen molar-refractivity contribution >= 4 is 46.3 Å². The summed E-state index contributed by atoms with van der Waals surface area (Å²) in [5.74, 6) is -0.503. The second kappa shape index (κ2) is 9.32. The van der Waals surface area contributed by atoms with E-state index in [1.54, 1.807) is 23.6 Å². The highest BCUT2D eigenvalue weighted by atomic mass is 35.5. The molecule has 0 amide bonds.